The Bertz CT molecular complexity index is 364. The summed E-state index contributed by atoms with van der Waals surface area (Å²) in [5, 5.41) is 3.11. The number of amides is 1. The fourth-order valence-electron chi connectivity index (χ4n) is 2.42. The number of likely N-dealkylation sites (N-methyl/N-ethyl adjacent to an activating group) is 1. The van der Waals surface area contributed by atoms with Crippen LogP contribution in [0, 0.1) is 0 Å². The predicted molar refractivity (Wildman–Crippen MR) is 68.7 cm³/mol. The van der Waals surface area contributed by atoms with Crippen molar-refractivity contribution in [2.24, 2.45) is 0 Å². The van der Waals surface area contributed by atoms with Crippen LogP contribution in [0.25, 0.3) is 0 Å². The van der Waals surface area contributed by atoms with E-state index in [1.54, 1.807) is 0 Å². The molecule has 1 aromatic carbocycles. The summed E-state index contributed by atoms with van der Waals surface area (Å²) in [5.41, 5.74) is 1.26. The summed E-state index contributed by atoms with van der Waals surface area (Å²) in [7, 11) is 0. The zero-order chi connectivity index (χ0) is 12.1. The molecule has 92 valence electrons. The number of rotatable bonds is 4. The highest BCUT2D eigenvalue weighted by Crippen LogP contribution is 2.31. The quantitative estimate of drug-likeness (QED) is 0.860. The molecule has 0 spiro atoms. The van der Waals surface area contributed by atoms with Crippen molar-refractivity contribution in [1.29, 1.82) is 0 Å². The number of likely N-dealkylation sites (tertiary alicyclic amines) is 1. The van der Waals surface area contributed by atoms with Crippen LogP contribution in [0.15, 0.2) is 30.3 Å². The van der Waals surface area contributed by atoms with E-state index in [2.05, 4.69) is 17.4 Å². The molecule has 1 aromatic rings. The molecular formula is C14H20N2O. The van der Waals surface area contributed by atoms with Gasteiger partial charge in [-0.15, -0.1) is 0 Å². The predicted octanol–water partition coefficient (Wildman–Crippen LogP) is 1.96. The van der Waals surface area contributed by atoms with Gasteiger partial charge < -0.3 is 10.2 Å². The van der Waals surface area contributed by atoms with Crippen molar-refractivity contribution in [3.63, 3.8) is 0 Å². The van der Waals surface area contributed by atoms with Crippen molar-refractivity contribution in [3.05, 3.63) is 35.9 Å². The highest BCUT2D eigenvalue weighted by Gasteiger charge is 2.29. The van der Waals surface area contributed by atoms with E-state index in [0.717, 1.165) is 25.9 Å². The van der Waals surface area contributed by atoms with Gasteiger partial charge in [0.1, 0.15) is 0 Å². The van der Waals surface area contributed by atoms with E-state index in [9.17, 15) is 4.79 Å². The second kappa shape index (κ2) is 5.82. The zero-order valence-corrected chi connectivity index (χ0v) is 10.4. The van der Waals surface area contributed by atoms with Crippen LogP contribution in [0.1, 0.15) is 31.4 Å². The second-order valence-electron chi connectivity index (χ2n) is 4.44. The fraction of sp³-hybridized carbons (Fsp3) is 0.500. The standard InChI is InChI=1S/C14H20N2O/c1-2-15-11-14(17)16-10-6-9-13(16)12-7-4-3-5-8-12/h3-5,7-8,13,15H,2,6,9-11H2,1H3. The number of nitrogens with one attached hydrogen (secondary N) is 1. The van der Waals surface area contributed by atoms with Crippen molar-refractivity contribution < 1.29 is 4.79 Å². The van der Waals surface area contributed by atoms with E-state index in [0.29, 0.717) is 6.54 Å². The number of benzene rings is 1. The lowest BCUT2D eigenvalue weighted by atomic mass is 10.0. The van der Waals surface area contributed by atoms with Gasteiger partial charge in [0.2, 0.25) is 5.91 Å². The van der Waals surface area contributed by atoms with Crippen molar-refractivity contribution >= 4 is 5.91 Å². The molecule has 3 nitrogen and oxygen atoms in total. The van der Waals surface area contributed by atoms with E-state index in [4.69, 9.17) is 0 Å². The summed E-state index contributed by atoms with van der Waals surface area (Å²) >= 11 is 0. The third kappa shape index (κ3) is 2.86. The summed E-state index contributed by atoms with van der Waals surface area (Å²) < 4.78 is 0. The van der Waals surface area contributed by atoms with E-state index >= 15 is 0 Å². The lowest BCUT2D eigenvalue weighted by Crippen LogP contribution is -2.37. The summed E-state index contributed by atoms with van der Waals surface area (Å²) in [5.74, 6) is 0.221. The number of nitrogens with zero attached hydrogens (tertiary/aromatic N) is 1. The Balaban J connectivity index is 2.05. The molecule has 0 aliphatic carbocycles. The van der Waals surface area contributed by atoms with Crippen molar-refractivity contribution in [2.45, 2.75) is 25.8 Å². The average Bonchev–Trinajstić information content (AvgIpc) is 2.86. The fourth-order valence-corrected chi connectivity index (χ4v) is 2.42. The zero-order valence-electron chi connectivity index (χ0n) is 10.4. The molecule has 1 atom stereocenters. The molecule has 1 aliphatic rings. The Morgan fingerprint density at radius 2 is 2.18 bits per heavy atom. The summed E-state index contributed by atoms with van der Waals surface area (Å²) in [6.45, 7) is 4.21. The maximum absolute atomic E-state index is 12.1. The van der Waals surface area contributed by atoms with Crippen LogP contribution < -0.4 is 5.32 Å². The molecule has 0 bridgehead atoms. The summed E-state index contributed by atoms with van der Waals surface area (Å²) in [6.07, 6.45) is 2.19. The first-order valence-corrected chi connectivity index (χ1v) is 6.38. The highest BCUT2D eigenvalue weighted by molar-refractivity contribution is 5.79. The lowest BCUT2D eigenvalue weighted by Gasteiger charge is -2.25. The first-order chi connectivity index (χ1) is 8.33. The molecule has 1 heterocycles. The van der Waals surface area contributed by atoms with Gasteiger partial charge in [-0.2, -0.15) is 0 Å². The van der Waals surface area contributed by atoms with Crippen molar-refractivity contribution in [3.8, 4) is 0 Å². The normalized spacial score (nSPS) is 19.6. The summed E-state index contributed by atoms with van der Waals surface area (Å²) in [4.78, 5) is 14.1. The Kier molecular flexibility index (Phi) is 4.15. The Morgan fingerprint density at radius 1 is 1.41 bits per heavy atom. The molecular weight excluding hydrogens is 212 g/mol. The van der Waals surface area contributed by atoms with Crippen LogP contribution in [0.4, 0.5) is 0 Å². The molecule has 1 saturated heterocycles. The van der Waals surface area contributed by atoms with E-state index in [-0.39, 0.29) is 11.9 Å². The van der Waals surface area contributed by atoms with Crippen LogP contribution >= 0.6 is 0 Å². The number of carbonyl (C=O) groups is 1. The van der Waals surface area contributed by atoms with Crippen molar-refractivity contribution in [2.75, 3.05) is 19.6 Å². The second-order valence-corrected chi connectivity index (χ2v) is 4.44. The first kappa shape index (κ1) is 12.1. The molecule has 0 aromatic heterocycles. The van der Waals surface area contributed by atoms with Gasteiger partial charge >= 0.3 is 0 Å². The first-order valence-electron chi connectivity index (χ1n) is 6.38. The van der Waals surface area contributed by atoms with Gasteiger partial charge in [-0.25, -0.2) is 0 Å². The van der Waals surface area contributed by atoms with E-state index in [1.165, 1.54) is 5.56 Å². The van der Waals surface area contributed by atoms with Crippen LogP contribution in [-0.4, -0.2) is 30.4 Å². The topological polar surface area (TPSA) is 32.3 Å². The van der Waals surface area contributed by atoms with Crippen LogP contribution in [0.5, 0.6) is 0 Å². The number of carbonyl (C=O) groups excluding carboxylic acids is 1. The molecule has 1 amide bonds. The molecule has 3 heteroatoms. The Hall–Kier alpha value is -1.35. The molecule has 17 heavy (non-hydrogen) atoms. The molecule has 1 aliphatic heterocycles. The molecule has 1 N–H and O–H groups in total. The van der Waals surface area contributed by atoms with Gasteiger partial charge in [-0.05, 0) is 24.9 Å². The Morgan fingerprint density at radius 3 is 2.88 bits per heavy atom. The van der Waals surface area contributed by atoms with Gasteiger partial charge in [0.25, 0.3) is 0 Å². The minimum absolute atomic E-state index is 0.221. The largest absolute Gasteiger partial charge is 0.335 e. The van der Waals surface area contributed by atoms with Crippen LogP contribution in [-0.2, 0) is 4.79 Å². The van der Waals surface area contributed by atoms with Gasteiger partial charge in [-0.3, -0.25) is 4.79 Å². The molecule has 0 saturated carbocycles. The maximum atomic E-state index is 12.1. The van der Waals surface area contributed by atoms with E-state index < -0.39 is 0 Å². The third-order valence-corrected chi connectivity index (χ3v) is 3.28. The van der Waals surface area contributed by atoms with Gasteiger partial charge in [0.05, 0.1) is 12.6 Å². The third-order valence-electron chi connectivity index (χ3n) is 3.28. The monoisotopic (exact) mass is 232 g/mol. The molecule has 2 rings (SSSR count). The van der Waals surface area contributed by atoms with Gasteiger partial charge in [0, 0.05) is 6.54 Å². The summed E-state index contributed by atoms with van der Waals surface area (Å²) in [6, 6.07) is 10.6. The van der Waals surface area contributed by atoms with Gasteiger partial charge in [0.15, 0.2) is 0 Å². The maximum Gasteiger partial charge on any atom is 0.237 e. The van der Waals surface area contributed by atoms with Crippen LogP contribution in [0.3, 0.4) is 0 Å². The molecule has 0 radical (unpaired) electrons. The number of hydrogen-bond donors (Lipinski definition) is 1. The minimum Gasteiger partial charge on any atom is -0.335 e. The van der Waals surface area contributed by atoms with E-state index in [1.807, 2.05) is 30.0 Å². The van der Waals surface area contributed by atoms with Crippen molar-refractivity contribution in [1.82, 2.24) is 10.2 Å². The number of hydrogen-bond acceptors (Lipinski definition) is 2. The SMILES string of the molecule is CCNCC(=O)N1CCCC1c1ccccc1. The molecule has 1 fully saturated rings. The molecule has 1 unspecified atom stereocenters. The Labute approximate surface area is 103 Å². The minimum atomic E-state index is 0.221. The smallest absolute Gasteiger partial charge is 0.237 e. The van der Waals surface area contributed by atoms with Gasteiger partial charge in [-0.1, -0.05) is 37.3 Å². The lowest BCUT2D eigenvalue weighted by molar-refractivity contribution is -0.131. The average molecular weight is 232 g/mol. The highest BCUT2D eigenvalue weighted by atomic mass is 16.2. The van der Waals surface area contributed by atoms with Crippen LogP contribution in [0.2, 0.25) is 0 Å².